The van der Waals surface area contributed by atoms with Crippen molar-refractivity contribution in [3.05, 3.63) is 71.5 Å². The molecule has 0 N–H and O–H groups in total. The molecule has 118 valence electrons. The molecule has 4 nitrogen and oxygen atoms in total. The summed E-state index contributed by atoms with van der Waals surface area (Å²) in [6, 6.07) is 14.2. The van der Waals surface area contributed by atoms with Crippen molar-refractivity contribution in [1.82, 2.24) is 4.90 Å². The summed E-state index contributed by atoms with van der Waals surface area (Å²) < 4.78 is 25.0. The Hall–Kier alpha value is -1.52. The monoisotopic (exact) mass is 321 g/mol. The maximum Gasteiger partial charge on any atom is 0.123 e. The number of rotatable bonds is 5. The zero-order chi connectivity index (χ0) is 16.4. The van der Waals surface area contributed by atoms with Gasteiger partial charge in [0.2, 0.25) is 0 Å². The largest absolute Gasteiger partial charge is 0.809 e. The highest BCUT2D eigenvalue weighted by atomic mass is 31.2. The lowest BCUT2D eigenvalue weighted by molar-refractivity contribution is -0.326. The summed E-state index contributed by atoms with van der Waals surface area (Å²) in [5.41, 5.74) is 1.13. The third kappa shape index (κ3) is 3.28. The normalized spacial score (nSPS) is 14.8. The molecule has 0 aliphatic carbocycles. The first-order chi connectivity index (χ1) is 10.2. The van der Waals surface area contributed by atoms with Gasteiger partial charge in [-0.05, 0) is 44.8 Å². The molecule has 0 heterocycles. The average Bonchev–Trinajstić information content (AvgIpc) is 2.47. The first-order valence-electron chi connectivity index (χ1n) is 6.78. The number of nitrogens with zero attached hydrogens (tertiary/aromatic N) is 1. The Labute approximate surface area is 129 Å². The molecule has 0 saturated carbocycles. The van der Waals surface area contributed by atoms with E-state index in [4.69, 9.17) is 0 Å². The average molecular weight is 321 g/mol. The zero-order valence-electron chi connectivity index (χ0n) is 12.4. The summed E-state index contributed by atoms with van der Waals surface area (Å²) in [4.78, 5) is 25.3. The highest BCUT2D eigenvalue weighted by Gasteiger charge is 2.35. The van der Waals surface area contributed by atoms with Gasteiger partial charge in [-0.1, -0.05) is 42.5 Å². The van der Waals surface area contributed by atoms with Crippen LogP contribution in [0.4, 0.5) is 4.39 Å². The molecule has 2 aromatic carbocycles. The van der Waals surface area contributed by atoms with Crippen molar-refractivity contribution in [2.75, 3.05) is 7.05 Å². The van der Waals surface area contributed by atoms with Crippen LogP contribution in [0.5, 0.6) is 0 Å². The molecular weight excluding hydrogens is 304 g/mol. The van der Waals surface area contributed by atoms with Crippen molar-refractivity contribution in [3.63, 3.8) is 0 Å². The summed E-state index contributed by atoms with van der Waals surface area (Å²) in [6.45, 7) is 1.63. The number of halogens is 1. The third-order valence-electron chi connectivity index (χ3n) is 3.93. The first-order valence-corrected chi connectivity index (χ1v) is 8.33. The third-order valence-corrected chi connectivity index (χ3v) is 5.60. The van der Waals surface area contributed by atoms with E-state index in [1.54, 1.807) is 7.05 Å². The van der Waals surface area contributed by atoms with Crippen molar-refractivity contribution in [2.24, 2.45) is 0 Å². The molecule has 0 fully saturated rings. The van der Waals surface area contributed by atoms with Crippen LogP contribution >= 0.6 is 7.60 Å². The molecule has 1 atom stereocenters. The van der Waals surface area contributed by atoms with Gasteiger partial charge in [-0.25, -0.2) is 4.39 Å². The van der Waals surface area contributed by atoms with Gasteiger partial charge in [0.25, 0.3) is 0 Å². The van der Waals surface area contributed by atoms with Crippen LogP contribution in [-0.4, -0.2) is 11.9 Å². The summed E-state index contributed by atoms with van der Waals surface area (Å²) in [5, 5.41) is -1.75. The van der Waals surface area contributed by atoms with Gasteiger partial charge in [0.15, 0.2) is 0 Å². The standard InChI is InChI=1S/C16H19FNO3P/c1-16(22(19,20)21,14-8-10-15(17)11-9-14)18(2)12-13-6-4-3-5-7-13/h3-11H,12H2,1-2H3,(H2,19,20,21)/p-2. The minimum atomic E-state index is -5.01. The van der Waals surface area contributed by atoms with Crippen molar-refractivity contribution in [3.8, 4) is 0 Å². The SMILES string of the molecule is CN(Cc1ccccc1)C(C)(c1ccc(F)cc1)P(=O)([O-])[O-]. The van der Waals surface area contributed by atoms with E-state index in [9.17, 15) is 18.7 Å². The Bertz CT molecular complexity index is 672. The minimum Gasteiger partial charge on any atom is -0.809 e. The second kappa shape index (κ2) is 6.31. The van der Waals surface area contributed by atoms with Crippen LogP contribution in [0.3, 0.4) is 0 Å². The highest BCUT2D eigenvalue weighted by Crippen LogP contribution is 2.52. The lowest BCUT2D eigenvalue weighted by atomic mass is 10.1. The highest BCUT2D eigenvalue weighted by molar-refractivity contribution is 7.50. The first kappa shape index (κ1) is 16.8. The lowest BCUT2D eigenvalue weighted by Gasteiger charge is -2.52. The molecule has 0 aromatic heterocycles. The van der Waals surface area contributed by atoms with Gasteiger partial charge in [0.1, 0.15) is 5.82 Å². The number of hydrogen-bond acceptors (Lipinski definition) is 4. The van der Waals surface area contributed by atoms with Crippen molar-refractivity contribution >= 4 is 7.60 Å². The Morgan fingerprint density at radius 1 is 1.09 bits per heavy atom. The van der Waals surface area contributed by atoms with E-state index < -0.39 is 18.7 Å². The van der Waals surface area contributed by atoms with Gasteiger partial charge in [-0.15, -0.1) is 0 Å². The van der Waals surface area contributed by atoms with E-state index in [1.165, 1.54) is 24.0 Å². The predicted octanol–water partition coefficient (Wildman–Crippen LogP) is 2.04. The molecular formula is C16H17FNO3P-2. The van der Waals surface area contributed by atoms with Crippen LogP contribution in [0.25, 0.3) is 0 Å². The molecule has 0 bridgehead atoms. The number of benzene rings is 2. The quantitative estimate of drug-likeness (QED) is 0.791. The maximum atomic E-state index is 13.1. The van der Waals surface area contributed by atoms with Crippen LogP contribution in [0, 0.1) is 5.82 Å². The van der Waals surface area contributed by atoms with E-state index in [2.05, 4.69) is 0 Å². The zero-order valence-corrected chi connectivity index (χ0v) is 13.3. The molecule has 0 radical (unpaired) electrons. The summed E-state index contributed by atoms with van der Waals surface area (Å²) >= 11 is 0. The molecule has 0 spiro atoms. The fourth-order valence-electron chi connectivity index (χ4n) is 2.36. The fraction of sp³-hybridized carbons (Fsp3) is 0.250. The second-order valence-electron chi connectivity index (χ2n) is 5.37. The van der Waals surface area contributed by atoms with Crippen LogP contribution in [0.2, 0.25) is 0 Å². The van der Waals surface area contributed by atoms with Gasteiger partial charge >= 0.3 is 0 Å². The summed E-state index contributed by atoms with van der Waals surface area (Å²) in [6.07, 6.45) is 0. The summed E-state index contributed by atoms with van der Waals surface area (Å²) in [7, 11) is -3.45. The Kier molecular flexibility index (Phi) is 4.83. The molecule has 6 heteroatoms. The van der Waals surface area contributed by atoms with Crippen LogP contribution in [-0.2, 0) is 16.4 Å². The van der Waals surface area contributed by atoms with Gasteiger partial charge in [0.05, 0.1) is 5.28 Å². The van der Waals surface area contributed by atoms with E-state index in [1.807, 2.05) is 30.3 Å². The Balaban J connectivity index is 2.41. The van der Waals surface area contributed by atoms with Crippen molar-refractivity contribution in [2.45, 2.75) is 18.7 Å². The summed E-state index contributed by atoms with van der Waals surface area (Å²) in [5.74, 6) is -0.483. The van der Waals surface area contributed by atoms with Crippen LogP contribution < -0.4 is 9.79 Å². The predicted molar refractivity (Wildman–Crippen MR) is 79.3 cm³/mol. The Morgan fingerprint density at radius 3 is 2.14 bits per heavy atom. The molecule has 2 aromatic rings. The molecule has 0 amide bonds. The van der Waals surface area contributed by atoms with E-state index in [-0.39, 0.29) is 12.1 Å². The minimum absolute atomic E-state index is 0.251. The molecule has 1 unspecified atom stereocenters. The maximum absolute atomic E-state index is 13.1. The Morgan fingerprint density at radius 2 is 1.64 bits per heavy atom. The van der Waals surface area contributed by atoms with Crippen LogP contribution in [0.15, 0.2) is 54.6 Å². The molecule has 22 heavy (non-hydrogen) atoms. The van der Waals surface area contributed by atoms with Crippen LogP contribution in [0.1, 0.15) is 18.1 Å². The molecule has 2 rings (SSSR count). The van der Waals surface area contributed by atoms with Gasteiger partial charge in [-0.3, -0.25) is 4.90 Å². The van der Waals surface area contributed by atoms with Gasteiger partial charge < -0.3 is 14.4 Å². The van der Waals surface area contributed by atoms with Gasteiger partial charge in [-0.2, -0.15) is 0 Å². The molecule has 0 aliphatic heterocycles. The fourth-order valence-corrected chi connectivity index (χ4v) is 3.32. The van der Waals surface area contributed by atoms with Crippen molar-refractivity contribution < 1.29 is 18.7 Å². The topological polar surface area (TPSA) is 66.4 Å². The van der Waals surface area contributed by atoms with E-state index >= 15 is 0 Å². The van der Waals surface area contributed by atoms with Gasteiger partial charge in [0, 0.05) is 6.54 Å². The smallest absolute Gasteiger partial charge is 0.123 e. The second-order valence-corrected chi connectivity index (χ2v) is 7.23. The molecule has 0 aliphatic rings. The lowest BCUT2D eigenvalue weighted by Crippen LogP contribution is -2.46. The molecule has 0 saturated heterocycles. The van der Waals surface area contributed by atoms with Crippen molar-refractivity contribution in [1.29, 1.82) is 0 Å². The number of hydrogen-bond donors (Lipinski definition) is 0. The van der Waals surface area contributed by atoms with E-state index in [0.717, 1.165) is 17.7 Å². The van der Waals surface area contributed by atoms with E-state index in [0.29, 0.717) is 0 Å².